The summed E-state index contributed by atoms with van der Waals surface area (Å²) >= 11 is 0. The van der Waals surface area contributed by atoms with E-state index in [2.05, 4.69) is 9.97 Å². The van der Waals surface area contributed by atoms with Crippen LogP contribution in [-0.2, 0) is 9.31 Å². The molecule has 1 saturated heterocycles. The number of nitrogens with two attached hydrogens (primary N) is 1. The molecule has 0 radical (unpaired) electrons. The zero-order chi connectivity index (χ0) is 15.4. The van der Waals surface area contributed by atoms with Gasteiger partial charge in [0.15, 0.2) is 0 Å². The summed E-state index contributed by atoms with van der Waals surface area (Å²) in [7, 11) is -0.378. The first kappa shape index (κ1) is 14.3. The highest BCUT2D eigenvalue weighted by atomic mass is 16.7. The van der Waals surface area contributed by atoms with Crippen molar-refractivity contribution in [1.82, 2.24) is 9.97 Å². The zero-order valence-corrected chi connectivity index (χ0v) is 13.1. The maximum Gasteiger partial charge on any atom is 0.495 e. The molecule has 5 nitrogen and oxygen atoms in total. The summed E-state index contributed by atoms with van der Waals surface area (Å²) in [5.74, 6) is 0.283. The number of fused-ring (bicyclic) bond motifs is 1. The summed E-state index contributed by atoms with van der Waals surface area (Å²) in [6.07, 6.45) is 1.73. The molecule has 2 heterocycles. The van der Waals surface area contributed by atoms with Gasteiger partial charge in [0.1, 0.15) is 0 Å². The van der Waals surface area contributed by atoms with E-state index in [0.717, 1.165) is 21.9 Å². The minimum Gasteiger partial charge on any atom is -0.399 e. The lowest BCUT2D eigenvalue weighted by atomic mass is 9.75. The Kier molecular flexibility index (Phi) is 3.01. The molecular formula is C15H22BN3O2. The molecular weight excluding hydrogens is 265 g/mol. The van der Waals surface area contributed by atoms with E-state index in [0.29, 0.717) is 0 Å². The predicted octanol–water partition coefficient (Wildman–Crippen LogP) is 2.07. The minimum absolute atomic E-state index is 0. The second-order valence-corrected chi connectivity index (χ2v) is 6.58. The van der Waals surface area contributed by atoms with E-state index in [1.807, 2.05) is 46.8 Å². The van der Waals surface area contributed by atoms with Crippen LogP contribution >= 0.6 is 0 Å². The molecule has 2 aromatic rings. The van der Waals surface area contributed by atoms with Crippen molar-refractivity contribution >= 4 is 29.4 Å². The number of aryl methyl sites for hydroxylation is 1. The lowest BCUT2D eigenvalue weighted by molar-refractivity contribution is 0.00578. The van der Waals surface area contributed by atoms with Gasteiger partial charge in [0.2, 0.25) is 5.95 Å². The highest BCUT2D eigenvalue weighted by Crippen LogP contribution is 2.36. The molecule has 0 bridgehead atoms. The van der Waals surface area contributed by atoms with Crippen molar-refractivity contribution in [3.8, 4) is 0 Å². The molecule has 0 atom stereocenters. The Morgan fingerprint density at radius 1 is 1.14 bits per heavy atom. The second-order valence-electron chi connectivity index (χ2n) is 6.58. The van der Waals surface area contributed by atoms with Crippen LogP contribution in [0.2, 0.25) is 0 Å². The fraction of sp³-hybridized carbons (Fsp3) is 0.467. The molecule has 2 N–H and O–H groups in total. The summed E-state index contributed by atoms with van der Waals surface area (Å²) in [6, 6.07) is 4.01. The van der Waals surface area contributed by atoms with E-state index >= 15 is 0 Å². The summed E-state index contributed by atoms with van der Waals surface area (Å²) in [4.78, 5) is 8.29. The molecule has 3 rings (SSSR count). The molecule has 1 aliphatic heterocycles. The van der Waals surface area contributed by atoms with Crippen LogP contribution in [0, 0.1) is 6.92 Å². The number of nitrogens with zero attached hydrogens (tertiary/aromatic N) is 2. The summed E-state index contributed by atoms with van der Waals surface area (Å²) in [5, 5.41) is 0.930. The first-order chi connectivity index (χ1) is 9.69. The molecule has 0 saturated carbocycles. The van der Waals surface area contributed by atoms with Gasteiger partial charge >= 0.3 is 7.12 Å². The molecule has 1 aliphatic rings. The van der Waals surface area contributed by atoms with E-state index in [4.69, 9.17) is 15.0 Å². The standard InChI is InChI=1S/C15H20BN3O2.H2/c1-9-6-12-10(8-18-13(17)19-12)7-11(9)16-20-14(2,3)15(4,5)21-16;/h6-8H,1-5H3,(H2,17,18,19);1H. The van der Waals surface area contributed by atoms with E-state index in [9.17, 15) is 0 Å². The molecule has 1 aromatic carbocycles. The van der Waals surface area contributed by atoms with Crippen LogP contribution in [0.1, 0.15) is 34.7 Å². The van der Waals surface area contributed by atoms with Crippen molar-refractivity contribution in [2.75, 3.05) is 5.73 Å². The smallest absolute Gasteiger partial charge is 0.399 e. The zero-order valence-electron chi connectivity index (χ0n) is 13.1. The lowest BCUT2D eigenvalue weighted by Crippen LogP contribution is -2.41. The monoisotopic (exact) mass is 287 g/mol. The number of rotatable bonds is 1. The quantitative estimate of drug-likeness (QED) is 0.813. The Hall–Kier alpha value is -1.66. The molecule has 21 heavy (non-hydrogen) atoms. The van der Waals surface area contributed by atoms with Crippen molar-refractivity contribution in [1.29, 1.82) is 0 Å². The summed E-state index contributed by atoms with van der Waals surface area (Å²) in [6.45, 7) is 10.2. The molecule has 112 valence electrons. The van der Waals surface area contributed by atoms with E-state index in [1.54, 1.807) is 6.20 Å². The van der Waals surface area contributed by atoms with Gasteiger partial charge in [-0.2, -0.15) is 0 Å². The van der Waals surface area contributed by atoms with Crippen molar-refractivity contribution in [2.24, 2.45) is 0 Å². The number of hydrogen-bond donors (Lipinski definition) is 1. The number of aromatic nitrogens is 2. The lowest BCUT2D eigenvalue weighted by Gasteiger charge is -2.32. The Morgan fingerprint density at radius 2 is 1.76 bits per heavy atom. The fourth-order valence-corrected chi connectivity index (χ4v) is 2.44. The van der Waals surface area contributed by atoms with Crippen LogP contribution in [0.5, 0.6) is 0 Å². The van der Waals surface area contributed by atoms with Crippen LogP contribution < -0.4 is 11.2 Å². The van der Waals surface area contributed by atoms with E-state index in [1.165, 1.54) is 0 Å². The van der Waals surface area contributed by atoms with Crippen molar-refractivity contribution in [2.45, 2.75) is 45.8 Å². The van der Waals surface area contributed by atoms with Crippen molar-refractivity contribution in [3.63, 3.8) is 0 Å². The minimum atomic E-state index is -0.378. The van der Waals surface area contributed by atoms with Crippen LogP contribution in [-0.4, -0.2) is 28.3 Å². The number of nitrogen functional groups attached to an aromatic ring is 1. The Morgan fingerprint density at radius 3 is 2.38 bits per heavy atom. The SMILES string of the molecule is Cc1cc2nc(N)ncc2cc1B1OC(C)(C)C(C)(C)O1.[HH]. The Bertz CT molecular complexity index is 705. The summed E-state index contributed by atoms with van der Waals surface area (Å²) < 4.78 is 12.2. The molecule has 0 aliphatic carbocycles. The number of anilines is 1. The highest BCUT2D eigenvalue weighted by Gasteiger charge is 2.52. The van der Waals surface area contributed by atoms with Gasteiger partial charge in [-0.3, -0.25) is 0 Å². The maximum atomic E-state index is 6.12. The van der Waals surface area contributed by atoms with E-state index < -0.39 is 0 Å². The highest BCUT2D eigenvalue weighted by molar-refractivity contribution is 6.63. The average molecular weight is 287 g/mol. The van der Waals surface area contributed by atoms with Crippen LogP contribution in [0.3, 0.4) is 0 Å². The first-order valence-corrected chi connectivity index (χ1v) is 7.08. The second kappa shape index (κ2) is 4.42. The van der Waals surface area contributed by atoms with Gasteiger partial charge < -0.3 is 15.0 Å². The number of hydrogen-bond acceptors (Lipinski definition) is 5. The predicted molar refractivity (Wildman–Crippen MR) is 86.5 cm³/mol. The van der Waals surface area contributed by atoms with E-state index in [-0.39, 0.29) is 25.7 Å². The topological polar surface area (TPSA) is 70.3 Å². The van der Waals surface area contributed by atoms with Crippen LogP contribution in [0.25, 0.3) is 10.9 Å². The molecule has 6 heteroatoms. The van der Waals surface area contributed by atoms with Gasteiger partial charge in [0.05, 0.1) is 16.7 Å². The van der Waals surface area contributed by atoms with Gasteiger partial charge in [0, 0.05) is 13.0 Å². The molecule has 1 aromatic heterocycles. The third kappa shape index (κ3) is 2.28. The van der Waals surface area contributed by atoms with Crippen LogP contribution in [0.15, 0.2) is 18.3 Å². The first-order valence-electron chi connectivity index (χ1n) is 7.08. The largest absolute Gasteiger partial charge is 0.495 e. The molecule has 0 spiro atoms. The van der Waals surface area contributed by atoms with Gasteiger partial charge in [0.25, 0.3) is 0 Å². The normalized spacial score (nSPS) is 20.1. The Balaban J connectivity index is 0.00000176. The van der Waals surface area contributed by atoms with Gasteiger partial charge in [-0.1, -0.05) is 6.07 Å². The van der Waals surface area contributed by atoms with Crippen LogP contribution in [0.4, 0.5) is 5.95 Å². The maximum absolute atomic E-state index is 6.12. The Labute approximate surface area is 126 Å². The molecule has 1 fully saturated rings. The fourth-order valence-electron chi connectivity index (χ4n) is 2.44. The van der Waals surface area contributed by atoms with Gasteiger partial charge in [-0.05, 0) is 51.7 Å². The molecule has 0 amide bonds. The third-order valence-corrected chi connectivity index (χ3v) is 4.49. The average Bonchev–Trinajstić information content (AvgIpc) is 2.57. The molecule has 0 unspecified atom stereocenters. The van der Waals surface area contributed by atoms with Gasteiger partial charge in [-0.15, -0.1) is 0 Å². The van der Waals surface area contributed by atoms with Crippen molar-refractivity contribution in [3.05, 3.63) is 23.9 Å². The van der Waals surface area contributed by atoms with Crippen molar-refractivity contribution < 1.29 is 10.7 Å². The van der Waals surface area contributed by atoms with Gasteiger partial charge in [-0.25, -0.2) is 9.97 Å². The third-order valence-electron chi connectivity index (χ3n) is 4.49. The summed E-state index contributed by atoms with van der Waals surface area (Å²) in [5.41, 5.74) is 7.84. The number of benzene rings is 1.